The summed E-state index contributed by atoms with van der Waals surface area (Å²) in [6.07, 6.45) is 2.66. The molecule has 0 atom stereocenters. The number of morpholine rings is 1. The minimum Gasteiger partial charge on any atom is -0.493 e. The van der Waals surface area contributed by atoms with E-state index in [1.807, 2.05) is 49.4 Å². The van der Waals surface area contributed by atoms with Crippen LogP contribution < -0.4 is 20.3 Å². The molecule has 3 aromatic rings. The second-order valence-corrected chi connectivity index (χ2v) is 8.72. The van der Waals surface area contributed by atoms with Gasteiger partial charge in [-0.15, -0.1) is 0 Å². The summed E-state index contributed by atoms with van der Waals surface area (Å²) < 4.78 is 17.4. The fourth-order valence-electron chi connectivity index (χ4n) is 4.25. The Kier molecular flexibility index (Phi) is 7.15. The van der Waals surface area contributed by atoms with Crippen LogP contribution in [-0.2, 0) is 4.74 Å². The molecule has 2 aromatic carbocycles. The molecule has 2 aliphatic heterocycles. The Balaban J connectivity index is 1.20. The van der Waals surface area contributed by atoms with Gasteiger partial charge in [0.05, 0.1) is 26.0 Å². The number of rotatable bonds is 9. The van der Waals surface area contributed by atoms with Gasteiger partial charge in [-0.05, 0) is 37.1 Å². The predicted octanol–water partition coefficient (Wildman–Crippen LogP) is 4.02. The molecule has 35 heavy (non-hydrogen) atoms. The predicted molar refractivity (Wildman–Crippen MR) is 135 cm³/mol. The lowest BCUT2D eigenvalue weighted by molar-refractivity contribution is 0.0358. The van der Waals surface area contributed by atoms with Crippen LogP contribution in [0.1, 0.15) is 12.0 Å². The molecule has 9 nitrogen and oxygen atoms in total. The van der Waals surface area contributed by atoms with Crippen molar-refractivity contribution in [2.24, 2.45) is 0 Å². The number of amides is 2. The minimum absolute atomic E-state index is 0.0826. The molecule has 9 heteroatoms. The normalized spacial score (nSPS) is 16.4. The molecule has 184 valence electrons. The summed E-state index contributed by atoms with van der Waals surface area (Å²) in [5, 5.41) is 6.09. The Morgan fingerprint density at radius 3 is 2.86 bits per heavy atom. The van der Waals surface area contributed by atoms with Gasteiger partial charge in [-0.1, -0.05) is 18.2 Å². The number of hydrogen-bond acceptors (Lipinski definition) is 7. The Bertz CT molecular complexity index is 1160. The van der Waals surface area contributed by atoms with Gasteiger partial charge in [0, 0.05) is 55.7 Å². The molecule has 0 radical (unpaired) electrons. The first kappa shape index (κ1) is 23.2. The zero-order valence-electron chi connectivity index (χ0n) is 20.0. The van der Waals surface area contributed by atoms with E-state index in [2.05, 4.69) is 20.5 Å². The molecule has 0 bridgehead atoms. The average Bonchev–Trinajstić information content (AvgIpc) is 3.53. The fourth-order valence-corrected chi connectivity index (χ4v) is 4.25. The molecule has 2 aliphatic rings. The van der Waals surface area contributed by atoms with Crippen molar-refractivity contribution in [2.45, 2.75) is 13.3 Å². The highest BCUT2D eigenvalue weighted by Gasteiger charge is 2.21. The van der Waals surface area contributed by atoms with Crippen molar-refractivity contribution in [2.75, 3.05) is 62.8 Å². The molecule has 2 fully saturated rings. The van der Waals surface area contributed by atoms with Crippen LogP contribution >= 0.6 is 0 Å². The van der Waals surface area contributed by atoms with Gasteiger partial charge >= 0.3 is 6.03 Å². The third-order valence-electron chi connectivity index (χ3n) is 6.25. The smallest absolute Gasteiger partial charge is 0.321 e. The maximum Gasteiger partial charge on any atom is 0.321 e. The van der Waals surface area contributed by atoms with Gasteiger partial charge < -0.3 is 24.5 Å². The van der Waals surface area contributed by atoms with Gasteiger partial charge in [0.2, 0.25) is 0 Å². The Labute approximate surface area is 205 Å². The van der Waals surface area contributed by atoms with Crippen LogP contribution in [0.5, 0.6) is 5.75 Å². The molecule has 3 heterocycles. The van der Waals surface area contributed by atoms with Crippen LogP contribution in [0.15, 0.2) is 53.1 Å². The van der Waals surface area contributed by atoms with E-state index in [1.165, 1.54) is 0 Å². The Hall–Kier alpha value is -3.56. The number of benzene rings is 2. The lowest BCUT2D eigenvalue weighted by atomic mass is 10.1. The van der Waals surface area contributed by atoms with Crippen molar-refractivity contribution >= 4 is 23.4 Å². The van der Waals surface area contributed by atoms with Crippen LogP contribution in [0.3, 0.4) is 0 Å². The van der Waals surface area contributed by atoms with Crippen LogP contribution in [0.2, 0.25) is 0 Å². The standard InChI is InChI=1S/C26H31N5O4/c1-19-6-7-22(34-13-3-9-30-11-14-33-15-12-30)17-23(19)29-25-28-18-24(35-25)20-4-2-5-21(16-20)31-10-8-27-26(31)32/h2,4-7,16-18H,3,8-15H2,1H3,(H,27,32)(H,28,29). The summed E-state index contributed by atoms with van der Waals surface area (Å²) in [5.41, 5.74) is 3.63. The number of carbonyl (C=O) groups is 1. The Morgan fingerprint density at radius 1 is 1.14 bits per heavy atom. The highest BCUT2D eigenvalue weighted by molar-refractivity contribution is 5.94. The molecule has 0 saturated carbocycles. The van der Waals surface area contributed by atoms with Crippen molar-refractivity contribution in [1.82, 2.24) is 15.2 Å². The summed E-state index contributed by atoms with van der Waals surface area (Å²) >= 11 is 0. The van der Waals surface area contributed by atoms with Crippen LogP contribution in [0.4, 0.5) is 22.2 Å². The van der Waals surface area contributed by atoms with Gasteiger partial charge in [0.25, 0.3) is 6.01 Å². The average molecular weight is 478 g/mol. The molecule has 2 N–H and O–H groups in total. The van der Waals surface area contributed by atoms with Gasteiger partial charge in [-0.2, -0.15) is 0 Å². The number of aryl methyl sites for hydroxylation is 1. The highest BCUT2D eigenvalue weighted by atomic mass is 16.5. The summed E-state index contributed by atoms with van der Waals surface area (Å²) in [5.74, 6) is 1.44. The number of ether oxygens (including phenoxy) is 2. The third-order valence-corrected chi connectivity index (χ3v) is 6.25. The van der Waals surface area contributed by atoms with E-state index in [0.717, 1.165) is 67.5 Å². The summed E-state index contributed by atoms with van der Waals surface area (Å²) in [6.45, 7) is 8.63. The summed E-state index contributed by atoms with van der Waals surface area (Å²) in [7, 11) is 0. The van der Waals surface area contributed by atoms with Gasteiger partial charge in [-0.25, -0.2) is 9.78 Å². The van der Waals surface area contributed by atoms with Crippen molar-refractivity contribution in [3.63, 3.8) is 0 Å². The van der Waals surface area contributed by atoms with Crippen molar-refractivity contribution < 1.29 is 18.7 Å². The molecule has 1 aromatic heterocycles. The maximum atomic E-state index is 12.0. The van der Waals surface area contributed by atoms with Gasteiger partial charge in [-0.3, -0.25) is 9.80 Å². The minimum atomic E-state index is -0.0826. The third kappa shape index (κ3) is 5.75. The van der Waals surface area contributed by atoms with E-state index in [1.54, 1.807) is 11.1 Å². The monoisotopic (exact) mass is 477 g/mol. The number of carbonyl (C=O) groups excluding carboxylic acids is 1. The highest BCUT2D eigenvalue weighted by Crippen LogP contribution is 2.30. The number of aromatic nitrogens is 1. The number of anilines is 3. The van der Waals surface area contributed by atoms with E-state index in [4.69, 9.17) is 13.9 Å². The lowest BCUT2D eigenvalue weighted by Crippen LogP contribution is -2.37. The molecule has 2 saturated heterocycles. The molecule has 0 aliphatic carbocycles. The molecular weight excluding hydrogens is 446 g/mol. The molecule has 5 rings (SSSR count). The van der Waals surface area contributed by atoms with Crippen LogP contribution in [0.25, 0.3) is 11.3 Å². The molecule has 2 amide bonds. The number of hydrogen-bond donors (Lipinski definition) is 2. The first-order chi connectivity index (χ1) is 17.2. The van der Waals surface area contributed by atoms with Crippen molar-refractivity contribution in [3.8, 4) is 17.1 Å². The number of oxazole rings is 1. The van der Waals surface area contributed by atoms with Crippen molar-refractivity contribution in [3.05, 3.63) is 54.2 Å². The maximum absolute atomic E-state index is 12.0. The quantitative estimate of drug-likeness (QED) is 0.450. The second-order valence-electron chi connectivity index (χ2n) is 8.72. The first-order valence-electron chi connectivity index (χ1n) is 12.1. The molecule has 0 unspecified atom stereocenters. The van der Waals surface area contributed by atoms with E-state index in [0.29, 0.717) is 31.5 Å². The van der Waals surface area contributed by atoms with Crippen LogP contribution in [-0.4, -0.2) is 68.5 Å². The summed E-state index contributed by atoms with van der Waals surface area (Å²) in [4.78, 5) is 20.5. The Morgan fingerprint density at radius 2 is 2.03 bits per heavy atom. The largest absolute Gasteiger partial charge is 0.493 e. The van der Waals surface area contributed by atoms with E-state index < -0.39 is 0 Å². The fraction of sp³-hybridized carbons (Fsp3) is 0.385. The molecule has 0 spiro atoms. The van der Waals surface area contributed by atoms with Crippen LogP contribution in [0, 0.1) is 6.92 Å². The number of urea groups is 1. The number of nitrogens with one attached hydrogen (secondary N) is 2. The number of nitrogens with zero attached hydrogens (tertiary/aromatic N) is 3. The van der Waals surface area contributed by atoms with Gasteiger partial charge in [0.15, 0.2) is 5.76 Å². The SMILES string of the molecule is Cc1ccc(OCCCN2CCOCC2)cc1Nc1ncc(-c2cccc(N3CCNC3=O)c2)o1. The zero-order valence-corrected chi connectivity index (χ0v) is 20.0. The summed E-state index contributed by atoms with van der Waals surface area (Å²) in [6, 6.07) is 14.0. The zero-order chi connectivity index (χ0) is 24.0. The molecular formula is C26H31N5O4. The second kappa shape index (κ2) is 10.8. The topological polar surface area (TPSA) is 92.1 Å². The first-order valence-corrected chi connectivity index (χ1v) is 12.1. The van der Waals surface area contributed by atoms with E-state index >= 15 is 0 Å². The van der Waals surface area contributed by atoms with E-state index in [9.17, 15) is 4.79 Å². The lowest BCUT2D eigenvalue weighted by Gasteiger charge is -2.26. The van der Waals surface area contributed by atoms with Gasteiger partial charge in [0.1, 0.15) is 5.75 Å². The van der Waals surface area contributed by atoms with E-state index in [-0.39, 0.29) is 6.03 Å². The van der Waals surface area contributed by atoms with Crippen molar-refractivity contribution in [1.29, 1.82) is 0 Å².